The van der Waals surface area contributed by atoms with E-state index in [1.807, 2.05) is 0 Å². The van der Waals surface area contributed by atoms with Gasteiger partial charge in [0.1, 0.15) is 22.2 Å². The summed E-state index contributed by atoms with van der Waals surface area (Å²) in [7, 11) is -0.282. The summed E-state index contributed by atoms with van der Waals surface area (Å²) in [6, 6.07) is -1.10. The van der Waals surface area contributed by atoms with Crippen molar-refractivity contribution >= 4 is 38.6 Å². The number of methoxy groups -OCH3 is 2. The van der Waals surface area contributed by atoms with E-state index in [-0.39, 0.29) is 21.2 Å². The molecule has 0 saturated carbocycles. The van der Waals surface area contributed by atoms with Crippen molar-refractivity contribution in [3.05, 3.63) is 22.4 Å². The molecule has 0 radical (unpaired) electrons. The number of hydrogen-bond donors (Lipinski definition) is 1. The molecule has 0 bridgehead atoms. The van der Waals surface area contributed by atoms with Crippen molar-refractivity contribution < 1.29 is 27.5 Å². The second kappa shape index (κ2) is 6.58. The van der Waals surface area contributed by atoms with Gasteiger partial charge in [-0.25, -0.2) is 4.79 Å². The maximum absolute atomic E-state index is 11.6. The third-order valence-electron chi connectivity index (χ3n) is 2.44. The molecule has 110 valence electrons. The van der Waals surface area contributed by atoms with Crippen molar-refractivity contribution in [3.63, 3.8) is 0 Å². The van der Waals surface area contributed by atoms with E-state index in [0.717, 1.165) is 13.2 Å². The molecule has 0 spiro atoms. The molecule has 0 aliphatic heterocycles. The van der Waals surface area contributed by atoms with Gasteiger partial charge in [0.2, 0.25) is 16.2 Å². The normalized spacial score (nSPS) is 18.3. The van der Waals surface area contributed by atoms with Gasteiger partial charge in [0.15, 0.2) is 0 Å². The summed E-state index contributed by atoms with van der Waals surface area (Å²) in [5, 5.41) is 2.25. The molecule has 1 unspecified atom stereocenters. The molecule has 1 aliphatic rings. The van der Waals surface area contributed by atoms with E-state index < -0.39 is 28.2 Å². The molecule has 0 saturated heterocycles. The van der Waals surface area contributed by atoms with E-state index in [4.69, 9.17) is 16.3 Å². The SMILES string of the molecule is COC(=O)C1=CC(=S(=O)=O)C(NC(C)=O)C(Cl)=C1OC. The maximum atomic E-state index is 11.6. The van der Waals surface area contributed by atoms with Gasteiger partial charge in [-0.15, -0.1) is 0 Å². The summed E-state index contributed by atoms with van der Waals surface area (Å²) in [5.74, 6) is -1.34. The first-order chi connectivity index (χ1) is 9.33. The maximum Gasteiger partial charge on any atom is 0.341 e. The molecule has 0 aromatic rings. The Hall–Kier alpha value is -1.80. The van der Waals surface area contributed by atoms with Crippen molar-refractivity contribution in [1.82, 2.24) is 5.32 Å². The van der Waals surface area contributed by atoms with Gasteiger partial charge in [-0.05, 0) is 6.08 Å². The number of ether oxygens (including phenoxy) is 2. The van der Waals surface area contributed by atoms with E-state index in [9.17, 15) is 18.0 Å². The van der Waals surface area contributed by atoms with Crippen LogP contribution in [0.25, 0.3) is 0 Å². The Labute approximate surface area is 121 Å². The minimum atomic E-state index is -2.68. The van der Waals surface area contributed by atoms with Crippen LogP contribution in [0.4, 0.5) is 0 Å². The van der Waals surface area contributed by atoms with Crippen LogP contribution in [0.5, 0.6) is 0 Å². The second-order valence-electron chi connectivity index (χ2n) is 3.70. The van der Waals surface area contributed by atoms with E-state index >= 15 is 0 Å². The van der Waals surface area contributed by atoms with Crippen molar-refractivity contribution in [1.29, 1.82) is 0 Å². The van der Waals surface area contributed by atoms with Crippen LogP contribution in [0.3, 0.4) is 0 Å². The van der Waals surface area contributed by atoms with Crippen LogP contribution in [0.2, 0.25) is 0 Å². The molecule has 7 nitrogen and oxygen atoms in total. The van der Waals surface area contributed by atoms with Gasteiger partial charge in [0.05, 0.1) is 19.3 Å². The number of amides is 1. The molecule has 1 amide bonds. The quantitative estimate of drug-likeness (QED) is 0.568. The molecule has 20 heavy (non-hydrogen) atoms. The van der Waals surface area contributed by atoms with Crippen LogP contribution >= 0.6 is 11.6 Å². The molecule has 1 rings (SSSR count). The smallest absolute Gasteiger partial charge is 0.341 e. The van der Waals surface area contributed by atoms with Crippen molar-refractivity contribution in [2.75, 3.05) is 14.2 Å². The third-order valence-corrected chi connectivity index (χ3v) is 3.56. The number of carbonyl (C=O) groups excluding carboxylic acids is 2. The topological polar surface area (TPSA) is 98.8 Å². The Balaban J connectivity index is 3.51. The van der Waals surface area contributed by atoms with E-state index in [1.165, 1.54) is 14.0 Å². The second-order valence-corrected chi connectivity index (χ2v) is 5.05. The van der Waals surface area contributed by atoms with E-state index in [1.54, 1.807) is 0 Å². The Kier molecular flexibility index (Phi) is 5.34. The summed E-state index contributed by atoms with van der Waals surface area (Å²) < 4.78 is 32.0. The first-order valence-electron chi connectivity index (χ1n) is 5.30. The van der Waals surface area contributed by atoms with Crippen LogP contribution < -0.4 is 5.32 Å². The molecule has 0 heterocycles. The van der Waals surface area contributed by atoms with Crippen LogP contribution in [0, 0.1) is 0 Å². The van der Waals surface area contributed by atoms with Crippen LogP contribution in [0.1, 0.15) is 6.92 Å². The number of rotatable bonds is 3. The molecule has 0 aromatic carbocycles. The number of esters is 1. The fourth-order valence-electron chi connectivity index (χ4n) is 1.63. The molecule has 1 atom stereocenters. The number of hydrogen-bond acceptors (Lipinski definition) is 6. The first-order valence-corrected chi connectivity index (χ1v) is 6.76. The summed E-state index contributed by atoms with van der Waals surface area (Å²) in [5.41, 5.74) is -0.138. The van der Waals surface area contributed by atoms with Crippen molar-refractivity contribution in [2.24, 2.45) is 0 Å². The summed E-state index contributed by atoms with van der Waals surface area (Å²) >= 11 is 6.02. The largest absolute Gasteiger partial charge is 0.495 e. The molecule has 0 aromatic heterocycles. The Morgan fingerprint density at radius 1 is 1.35 bits per heavy atom. The molecule has 1 N–H and O–H groups in total. The number of carbonyl (C=O) groups is 2. The summed E-state index contributed by atoms with van der Waals surface area (Å²) in [4.78, 5) is 22.5. The summed E-state index contributed by atoms with van der Waals surface area (Å²) in [6.07, 6.45) is 1.06. The highest BCUT2D eigenvalue weighted by molar-refractivity contribution is 7.73. The minimum absolute atomic E-state index is 0.0496. The molecular weight excluding hydrogens is 310 g/mol. The lowest BCUT2D eigenvalue weighted by Crippen LogP contribution is -2.42. The predicted octanol–water partition coefficient (Wildman–Crippen LogP) is -0.248. The molecule has 0 fully saturated rings. The van der Waals surface area contributed by atoms with Gasteiger partial charge < -0.3 is 14.8 Å². The Morgan fingerprint density at radius 2 is 1.95 bits per heavy atom. The highest BCUT2D eigenvalue weighted by Crippen LogP contribution is 2.28. The average Bonchev–Trinajstić information content (AvgIpc) is 2.38. The van der Waals surface area contributed by atoms with Gasteiger partial charge in [-0.3, -0.25) is 4.79 Å². The third kappa shape index (κ3) is 3.20. The van der Waals surface area contributed by atoms with E-state index in [0.29, 0.717) is 0 Å². The first kappa shape index (κ1) is 16.3. The molecule has 9 heteroatoms. The predicted molar refractivity (Wildman–Crippen MR) is 71.5 cm³/mol. The summed E-state index contributed by atoms with van der Waals surface area (Å²) in [6.45, 7) is 1.21. The zero-order valence-corrected chi connectivity index (χ0v) is 12.5. The van der Waals surface area contributed by atoms with E-state index in [2.05, 4.69) is 10.1 Å². The lowest BCUT2D eigenvalue weighted by molar-refractivity contribution is -0.136. The van der Waals surface area contributed by atoms with Gasteiger partial charge in [0.25, 0.3) is 0 Å². The monoisotopic (exact) mass is 321 g/mol. The lowest BCUT2D eigenvalue weighted by atomic mass is 10.0. The standard InChI is InChI=1S/C11H12ClNO6S/c1-5(14)13-9-7(20(16)17)4-6(11(15)19-3)10(18-2)8(9)12/h4,9H,1-3H3,(H,13,14). The van der Waals surface area contributed by atoms with Crippen molar-refractivity contribution in [2.45, 2.75) is 13.0 Å². The highest BCUT2D eigenvalue weighted by atomic mass is 35.5. The van der Waals surface area contributed by atoms with Crippen LogP contribution in [0.15, 0.2) is 22.4 Å². The Bertz CT molecular complexity index is 638. The van der Waals surface area contributed by atoms with Gasteiger partial charge >= 0.3 is 5.97 Å². The van der Waals surface area contributed by atoms with Crippen LogP contribution in [-0.2, 0) is 29.4 Å². The Morgan fingerprint density at radius 3 is 2.35 bits per heavy atom. The zero-order valence-electron chi connectivity index (χ0n) is 10.9. The fraction of sp³-hybridized carbons (Fsp3) is 0.364. The van der Waals surface area contributed by atoms with Gasteiger partial charge in [-0.1, -0.05) is 11.6 Å². The van der Waals surface area contributed by atoms with Crippen molar-refractivity contribution in [3.8, 4) is 0 Å². The average molecular weight is 322 g/mol. The van der Waals surface area contributed by atoms with Gasteiger partial charge in [-0.2, -0.15) is 8.42 Å². The number of nitrogens with one attached hydrogen (secondary N) is 1. The highest BCUT2D eigenvalue weighted by Gasteiger charge is 2.33. The number of halogens is 1. The fourth-order valence-corrected chi connectivity index (χ4v) is 2.63. The minimum Gasteiger partial charge on any atom is -0.495 e. The molecule has 1 aliphatic carbocycles. The van der Waals surface area contributed by atoms with Crippen LogP contribution in [-0.4, -0.2) is 45.4 Å². The molecular formula is C11H12ClNO6S. The lowest BCUT2D eigenvalue weighted by Gasteiger charge is -2.24. The van der Waals surface area contributed by atoms with Gasteiger partial charge in [0, 0.05) is 6.92 Å². The zero-order chi connectivity index (χ0) is 15.4.